The van der Waals surface area contributed by atoms with Crippen molar-refractivity contribution in [3.05, 3.63) is 70.1 Å². The van der Waals surface area contributed by atoms with E-state index in [1.165, 1.54) is 27.8 Å². The molecule has 1 aromatic carbocycles. The highest BCUT2D eigenvalue weighted by atomic mass is 16.6. The zero-order chi connectivity index (χ0) is 42.3. The Morgan fingerprint density at radius 3 is 2.47 bits per heavy atom. The molecule has 0 radical (unpaired) electrons. The highest BCUT2D eigenvalue weighted by molar-refractivity contribution is 6.09. The van der Waals surface area contributed by atoms with Crippen LogP contribution in [-0.2, 0) is 25.5 Å². The van der Waals surface area contributed by atoms with Gasteiger partial charge in [0.15, 0.2) is 5.78 Å². The van der Waals surface area contributed by atoms with Crippen molar-refractivity contribution in [3.8, 4) is 0 Å². The van der Waals surface area contributed by atoms with Crippen LogP contribution in [0.1, 0.15) is 135 Å². The number of aliphatic hydroxyl groups excluding tert-OH is 2. The standard InChI is InChI=1S/C52H70N2O6/c1-29-22-31(25-33(23-29)32-14-20-59-21-15-32)26-34-27-54(37-13-19-53-43(34)37)28-35-42-41(30(2)24-38(55)47-49(5,6)60-47)45(58)36-10-9-16-52(51(36,42)8)18-11-39-48(3,4)40(56)12-17-50(39,7)46(52)44(35)57/h13,19,22-23,25,27,30,32,35-39,44,46-47,55,57H,9-12,14-18,20-21,24,26,28H2,1-8H3. The lowest BCUT2D eigenvalue weighted by atomic mass is 9.31. The SMILES string of the molecule is Cc1cc(CC2=CN(CC3C4=C(C(C)CC(O)C5OC5(C)C)C(=O)C5CCCC6(CCC7C(C)(C)C(=O)CCC7(C)C6C3O)C45C)C3C=CN=C23)cc(C2CCOCC2)c1. The van der Waals surface area contributed by atoms with Crippen LogP contribution in [-0.4, -0.2) is 82.1 Å². The number of ether oxygens (including phenoxy) is 2. The normalized spacial score (nSPS) is 41.0. The Bertz CT molecular complexity index is 2110. The van der Waals surface area contributed by atoms with Gasteiger partial charge in [-0.15, -0.1) is 0 Å². The average Bonchev–Trinajstić information content (AvgIpc) is 3.45. The minimum atomic E-state index is -0.686. The maximum atomic E-state index is 15.3. The molecule has 5 aliphatic carbocycles. The Balaban J connectivity index is 1.07. The fourth-order valence-corrected chi connectivity index (χ4v) is 16.1. The van der Waals surface area contributed by atoms with Crippen molar-refractivity contribution in [2.24, 2.45) is 56.2 Å². The van der Waals surface area contributed by atoms with Gasteiger partial charge < -0.3 is 24.6 Å². The summed E-state index contributed by atoms with van der Waals surface area (Å²) < 4.78 is 11.6. The fraction of sp³-hybridized carbons (Fsp3) is 0.712. The van der Waals surface area contributed by atoms with Gasteiger partial charge in [-0.2, -0.15) is 0 Å². The third-order valence-electron chi connectivity index (χ3n) is 18.8. The molecule has 4 aliphatic heterocycles. The zero-order valence-corrected chi connectivity index (χ0v) is 37.6. The summed E-state index contributed by atoms with van der Waals surface area (Å²) in [5.41, 5.74) is 6.63. The quantitative estimate of drug-likeness (QED) is 0.240. The zero-order valence-electron chi connectivity index (χ0n) is 37.6. The molecule has 0 bridgehead atoms. The van der Waals surface area contributed by atoms with Crippen LogP contribution in [0.2, 0.25) is 0 Å². The van der Waals surface area contributed by atoms with E-state index in [1.807, 2.05) is 20.0 Å². The number of benzene rings is 1. The Morgan fingerprint density at radius 1 is 0.983 bits per heavy atom. The number of rotatable bonds is 9. The van der Waals surface area contributed by atoms with Crippen molar-refractivity contribution in [2.75, 3.05) is 19.8 Å². The van der Waals surface area contributed by atoms with Crippen molar-refractivity contribution in [1.29, 1.82) is 0 Å². The number of epoxide rings is 1. The van der Waals surface area contributed by atoms with Crippen LogP contribution < -0.4 is 0 Å². The van der Waals surface area contributed by atoms with E-state index in [0.29, 0.717) is 31.1 Å². The van der Waals surface area contributed by atoms with Crippen molar-refractivity contribution < 1.29 is 29.3 Å². The predicted molar refractivity (Wildman–Crippen MR) is 233 cm³/mol. The van der Waals surface area contributed by atoms with Gasteiger partial charge in [0.05, 0.1) is 29.6 Å². The van der Waals surface area contributed by atoms with E-state index < -0.39 is 23.0 Å². The number of hydrogen-bond donors (Lipinski definition) is 2. The number of aliphatic imine (C=N–C) groups is 1. The second kappa shape index (κ2) is 14.0. The molecule has 12 atom stereocenters. The molecule has 2 N–H and O–H groups in total. The molecule has 4 heterocycles. The second-order valence-electron chi connectivity index (χ2n) is 22.6. The van der Waals surface area contributed by atoms with E-state index in [-0.39, 0.29) is 63.9 Å². The van der Waals surface area contributed by atoms with E-state index in [4.69, 9.17) is 14.5 Å². The molecule has 8 heteroatoms. The lowest BCUT2D eigenvalue weighted by Gasteiger charge is -2.73. The second-order valence-corrected chi connectivity index (χ2v) is 22.6. The lowest BCUT2D eigenvalue weighted by Crippen LogP contribution is -2.70. The van der Waals surface area contributed by atoms with Crippen LogP contribution in [0.25, 0.3) is 0 Å². The summed E-state index contributed by atoms with van der Waals surface area (Å²) in [4.78, 5) is 36.4. The first kappa shape index (κ1) is 41.1. The molecular weight excluding hydrogens is 749 g/mol. The van der Waals surface area contributed by atoms with Crippen molar-refractivity contribution >= 4 is 17.3 Å². The van der Waals surface area contributed by atoms with Crippen LogP contribution in [0.15, 0.2) is 58.4 Å². The molecule has 4 saturated carbocycles. The molecule has 0 aromatic heterocycles. The summed E-state index contributed by atoms with van der Waals surface area (Å²) in [6, 6.07) is 7.05. The molecular formula is C52H70N2O6. The number of nitrogens with zero attached hydrogens (tertiary/aromatic N) is 2. The first-order valence-electron chi connectivity index (χ1n) is 23.7. The molecule has 6 fully saturated rings. The molecule has 324 valence electrons. The highest BCUT2D eigenvalue weighted by Crippen LogP contribution is 2.79. The number of aryl methyl sites for hydroxylation is 1. The number of Topliss-reactive ketones (excluding diaryl/α,β-unsaturated/α-hetero) is 2. The van der Waals surface area contributed by atoms with E-state index in [9.17, 15) is 15.0 Å². The lowest BCUT2D eigenvalue weighted by molar-refractivity contribution is -0.243. The van der Waals surface area contributed by atoms with Gasteiger partial charge in [0.2, 0.25) is 0 Å². The molecule has 9 aliphatic rings. The van der Waals surface area contributed by atoms with Crippen LogP contribution in [0.4, 0.5) is 0 Å². The number of allylic oxidation sites excluding steroid dienone is 1. The van der Waals surface area contributed by atoms with E-state index in [2.05, 4.69) is 76.9 Å². The number of ketones is 2. The Morgan fingerprint density at radius 2 is 1.73 bits per heavy atom. The Labute approximate surface area is 358 Å². The third kappa shape index (κ3) is 5.84. The molecule has 1 spiro atoms. The van der Waals surface area contributed by atoms with Crippen molar-refractivity contribution in [1.82, 2.24) is 4.90 Å². The maximum absolute atomic E-state index is 15.3. The molecule has 10 rings (SSSR count). The molecule has 8 nitrogen and oxygen atoms in total. The monoisotopic (exact) mass is 819 g/mol. The van der Waals surface area contributed by atoms with Gasteiger partial charge in [0.1, 0.15) is 11.9 Å². The summed E-state index contributed by atoms with van der Waals surface area (Å²) in [6.45, 7) is 19.8. The summed E-state index contributed by atoms with van der Waals surface area (Å²) >= 11 is 0. The Hall–Kier alpha value is -2.91. The summed E-state index contributed by atoms with van der Waals surface area (Å²) in [7, 11) is 0. The predicted octanol–water partition coefficient (Wildman–Crippen LogP) is 8.62. The molecule has 60 heavy (non-hydrogen) atoms. The van der Waals surface area contributed by atoms with Gasteiger partial charge in [-0.05, 0) is 141 Å². The van der Waals surface area contributed by atoms with Crippen molar-refractivity contribution in [3.63, 3.8) is 0 Å². The van der Waals surface area contributed by atoms with E-state index in [0.717, 1.165) is 82.3 Å². The van der Waals surface area contributed by atoms with Gasteiger partial charge in [0, 0.05) is 67.7 Å². The summed E-state index contributed by atoms with van der Waals surface area (Å²) in [5.74, 6) is 0.664. The van der Waals surface area contributed by atoms with Crippen molar-refractivity contribution in [2.45, 2.75) is 162 Å². The Kier molecular flexibility index (Phi) is 9.63. The topological polar surface area (TPSA) is 112 Å². The molecule has 2 saturated heterocycles. The molecule has 12 unspecified atom stereocenters. The smallest absolute Gasteiger partial charge is 0.163 e. The maximum Gasteiger partial charge on any atom is 0.163 e. The van der Waals surface area contributed by atoms with Gasteiger partial charge in [0.25, 0.3) is 0 Å². The van der Waals surface area contributed by atoms with Gasteiger partial charge in [-0.25, -0.2) is 0 Å². The fourth-order valence-electron chi connectivity index (χ4n) is 16.1. The first-order valence-corrected chi connectivity index (χ1v) is 23.7. The van der Waals surface area contributed by atoms with Gasteiger partial charge in [-0.3, -0.25) is 14.6 Å². The van der Waals surface area contributed by atoms with Gasteiger partial charge in [-0.1, -0.05) is 64.8 Å². The minimum absolute atomic E-state index is 0.0239. The highest BCUT2D eigenvalue weighted by Gasteiger charge is 2.76. The van der Waals surface area contributed by atoms with Crippen LogP contribution in [0, 0.1) is 58.2 Å². The van der Waals surface area contributed by atoms with E-state index >= 15 is 4.79 Å². The largest absolute Gasteiger partial charge is 0.392 e. The molecule has 1 aromatic rings. The number of carbonyl (C=O) groups excluding carboxylic acids is 2. The van der Waals surface area contributed by atoms with Gasteiger partial charge >= 0.3 is 0 Å². The van der Waals surface area contributed by atoms with Crippen LogP contribution >= 0.6 is 0 Å². The average molecular weight is 819 g/mol. The number of carbonyl (C=O) groups is 2. The number of hydrogen-bond acceptors (Lipinski definition) is 8. The number of fused-ring (bicyclic) bond motifs is 3. The summed E-state index contributed by atoms with van der Waals surface area (Å²) in [6.07, 6.45) is 14.3. The van der Waals surface area contributed by atoms with Crippen LogP contribution in [0.5, 0.6) is 0 Å². The molecule has 0 amide bonds. The third-order valence-corrected chi connectivity index (χ3v) is 18.8. The summed E-state index contributed by atoms with van der Waals surface area (Å²) in [5, 5.41) is 25.1. The first-order chi connectivity index (χ1) is 28.4. The minimum Gasteiger partial charge on any atom is -0.392 e. The van der Waals surface area contributed by atoms with Crippen LogP contribution in [0.3, 0.4) is 0 Å². The van der Waals surface area contributed by atoms with E-state index in [1.54, 1.807) is 0 Å². The number of aliphatic hydroxyl groups is 2.